The molecule has 0 aromatic heterocycles. The molecule has 0 aromatic carbocycles. The van der Waals surface area contributed by atoms with Crippen molar-refractivity contribution >= 4 is 45.0 Å². The third kappa shape index (κ3) is 11.6. The lowest BCUT2D eigenvalue weighted by Gasteiger charge is -2.55. The monoisotopic (exact) mass is 867 g/mol. The molecule has 0 radical (unpaired) electrons. The van der Waals surface area contributed by atoms with Gasteiger partial charge in [0.25, 0.3) is 0 Å². The van der Waals surface area contributed by atoms with E-state index in [1.54, 1.807) is 11.8 Å². The molecule has 3 heterocycles. The summed E-state index contributed by atoms with van der Waals surface area (Å²) in [4.78, 5) is 0. The molecule has 3 aliphatic rings. The van der Waals surface area contributed by atoms with E-state index in [9.17, 15) is 0 Å². The maximum atomic E-state index is 7.55. The van der Waals surface area contributed by atoms with E-state index in [2.05, 4.69) is 149 Å². The van der Waals surface area contributed by atoms with Crippen molar-refractivity contribution < 1.29 is 41.4 Å². The molecule has 9 nitrogen and oxygen atoms in total. The highest BCUT2D eigenvalue weighted by Gasteiger charge is 2.60. The van der Waals surface area contributed by atoms with E-state index in [0.717, 1.165) is 5.75 Å². The minimum atomic E-state index is -2.42. The Balaban J connectivity index is 2.17. The van der Waals surface area contributed by atoms with E-state index >= 15 is 0 Å². The molecule has 55 heavy (non-hydrogen) atoms. The Kier molecular flexibility index (Phi) is 15.5. The Labute approximate surface area is 346 Å². The fourth-order valence-corrected chi connectivity index (χ4v) is 12.0. The van der Waals surface area contributed by atoms with Crippen molar-refractivity contribution in [2.24, 2.45) is 0 Å². The molecular formula is C41H86O9SSi4. The van der Waals surface area contributed by atoms with Crippen molar-refractivity contribution in [1.82, 2.24) is 0 Å². The third-order valence-electron chi connectivity index (χ3n) is 13.9. The second kappa shape index (κ2) is 17.0. The van der Waals surface area contributed by atoms with Gasteiger partial charge in [0.15, 0.2) is 45.3 Å². The van der Waals surface area contributed by atoms with E-state index in [1.165, 1.54) is 0 Å². The first-order valence-corrected chi connectivity index (χ1v) is 33.7. The van der Waals surface area contributed by atoms with Crippen molar-refractivity contribution in [2.45, 2.75) is 250 Å². The summed E-state index contributed by atoms with van der Waals surface area (Å²) in [5.41, 5.74) is -0.342. The molecule has 10 atom stereocenters. The number of hydrogen-bond donors (Lipinski definition) is 0. The summed E-state index contributed by atoms with van der Waals surface area (Å²) in [6.07, 6.45) is -4.01. The predicted octanol–water partition coefficient (Wildman–Crippen LogP) is 11.3. The number of hydrogen-bond acceptors (Lipinski definition) is 10. The largest absolute Gasteiger partial charge is 0.414 e. The Bertz CT molecular complexity index is 1270. The van der Waals surface area contributed by atoms with Gasteiger partial charge in [-0.3, -0.25) is 0 Å². The van der Waals surface area contributed by atoms with Gasteiger partial charge in [-0.1, -0.05) is 90.0 Å². The van der Waals surface area contributed by atoms with Crippen LogP contribution in [0.2, 0.25) is 72.5 Å². The molecule has 0 amide bonds. The van der Waals surface area contributed by atoms with Crippen LogP contribution in [0.15, 0.2) is 0 Å². The van der Waals surface area contributed by atoms with Gasteiger partial charge in [0.1, 0.15) is 42.1 Å². The molecule has 14 heteroatoms. The van der Waals surface area contributed by atoms with Crippen LogP contribution in [0.25, 0.3) is 0 Å². The van der Waals surface area contributed by atoms with E-state index < -0.39 is 69.8 Å². The first-order valence-electron chi connectivity index (χ1n) is 21.0. The van der Waals surface area contributed by atoms with Crippen molar-refractivity contribution in [3.05, 3.63) is 0 Å². The lowest BCUT2D eigenvalue weighted by Crippen LogP contribution is -2.68. The number of fused-ring (bicyclic) bond motifs is 1. The molecule has 0 aromatic rings. The van der Waals surface area contributed by atoms with Crippen LogP contribution in [-0.2, 0) is 41.4 Å². The number of ether oxygens (including phenoxy) is 5. The summed E-state index contributed by atoms with van der Waals surface area (Å²) in [6.45, 7) is 54.4. The second-order valence-electron chi connectivity index (χ2n) is 23.0. The molecule has 0 spiro atoms. The van der Waals surface area contributed by atoms with E-state index in [-0.39, 0.29) is 50.0 Å². The van der Waals surface area contributed by atoms with Crippen molar-refractivity contribution in [3.63, 3.8) is 0 Å². The van der Waals surface area contributed by atoms with Gasteiger partial charge in [-0.05, 0) is 99.1 Å². The second-order valence-corrected chi connectivity index (χ2v) is 43.4. The predicted molar refractivity (Wildman–Crippen MR) is 239 cm³/mol. The summed E-state index contributed by atoms with van der Waals surface area (Å²) >= 11 is 1.73. The highest BCUT2D eigenvalue weighted by atomic mass is 32.2. The topological polar surface area (TPSA) is 83.1 Å². The first kappa shape index (κ1) is 50.2. The maximum Gasteiger partial charge on any atom is 0.192 e. The molecular weight excluding hydrogens is 781 g/mol. The number of rotatable bonds is 13. The van der Waals surface area contributed by atoms with Crippen LogP contribution < -0.4 is 0 Å². The van der Waals surface area contributed by atoms with Crippen LogP contribution >= 0.6 is 11.8 Å². The fourth-order valence-electron chi connectivity index (χ4n) is 6.13. The molecule has 0 bridgehead atoms. The average Bonchev–Trinajstić information content (AvgIpc) is 3.29. The van der Waals surface area contributed by atoms with E-state index in [1.807, 2.05) is 13.8 Å². The van der Waals surface area contributed by atoms with Crippen LogP contribution in [0.4, 0.5) is 0 Å². The van der Waals surface area contributed by atoms with Crippen LogP contribution in [0.1, 0.15) is 111 Å². The molecule has 3 rings (SSSR count). The zero-order valence-corrected chi connectivity index (χ0v) is 44.6. The van der Waals surface area contributed by atoms with Crippen molar-refractivity contribution in [3.8, 4) is 0 Å². The van der Waals surface area contributed by atoms with Crippen LogP contribution in [-0.4, -0.2) is 112 Å². The molecule has 0 aliphatic carbocycles. The molecule has 0 unspecified atom stereocenters. The van der Waals surface area contributed by atoms with Gasteiger partial charge in [-0.15, -0.1) is 11.8 Å². The average molecular weight is 868 g/mol. The standard InChI is InChI=1S/C41H86O9SSi4/c1-25-51-36-34(31-30(46-41(15,16)47-31)28(44-36)26-42-52(17,18)37(3,4)5)45-35-33(50-55(23,24)40(12,13)14)32(49-54(21,22)39(9,10)11)29(27(2)43-35)48-53(19,20)38(6,7)8/h27-36H,25-26H2,1-24H3/t27-,28+,29+,30-,31-,32+,33-,34+,35-,36-/m0/s1. The van der Waals surface area contributed by atoms with Crippen LogP contribution in [0.5, 0.6) is 0 Å². The van der Waals surface area contributed by atoms with Gasteiger partial charge in [-0.2, -0.15) is 0 Å². The summed E-state index contributed by atoms with van der Waals surface area (Å²) in [5.74, 6) is 0.0163. The highest BCUT2D eigenvalue weighted by Crippen LogP contribution is 2.48. The molecule has 0 saturated carbocycles. The quantitative estimate of drug-likeness (QED) is 0.167. The Morgan fingerprint density at radius 2 is 0.982 bits per heavy atom. The highest BCUT2D eigenvalue weighted by molar-refractivity contribution is 7.99. The lowest BCUT2D eigenvalue weighted by atomic mass is 9.98. The van der Waals surface area contributed by atoms with Gasteiger partial charge >= 0.3 is 0 Å². The van der Waals surface area contributed by atoms with Crippen molar-refractivity contribution in [1.29, 1.82) is 0 Å². The zero-order chi connectivity index (χ0) is 42.8. The third-order valence-corrected chi connectivity index (χ3v) is 32.9. The molecule has 0 N–H and O–H groups in total. The first-order chi connectivity index (χ1) is 24.4. The van der Waals surface area contributed by atoms with Gasteiger partial charge in [-0.25, -0.2) is 0 Å². The summed E-state index contributed by atoms with van der Waals surface area (Å²) in [6, 6.07) is 0. The molecule has 326 valence electrons. The SMILES string of the molecule is CCS[C@@H]1O[C@H](CO[Si](C)(C)C(C)(C)C)[C@@H]2OC(C)(C)O[C@@H]2[C@H]1O[C@@H]1O[C@@H](C)[C@@H](O[Si](C)(C)C(C)(C)C)[C@@H](O[Si](C)(C)C(C)(C)C)[C@@H]1O[Si](C)(C)C(C)(C)C. The summed E-state index contributed by atoms with van der Waals surface area (Å²) < 4.78 is 64.0. The van der Waals surface area contributed by atoms with Crippen LogP contribution in [0.3, 0.4) is 0 Å². The minimum absolute atomic E-state index is 0.00607. The maximum absolute atomic E-state index is 7.55. The van der Waals surface area contributed by atoms with Crippen LogP contribution in [0, 0.1) is 0 Å². The Morgan fingerprint density at radius 3 is 1.42 bits per heavy atom. The smallest absolute Gasteiger partial charge is 0.192 e. The van der Waals surface area contributed by atoms with Gasteiger partial charge in [0.05, 0.1) is 18.8 Å². The Morgan fingerprint density at radius 1 is 0.564 bits per heavy atom. The fraction of sp³-hybridized carbons (Fsp3) is 1.00. The van der Waals surface area contributed by atoms with E-state index in [0.29, 0.717) is 6.61 Å². The van der Waals surface area contributed by atoms with Crippen molar-refractivity contribution in [2.75, 3.05) is 12.4 Å². The lowest BCUT2D eigenvalue weighted by molar-refractivity contribution is -0.317. The van der Waals surface area contributed by atoms with Gasteiger partial charge in [0.2, 0.25) is 0 Å². The normalized spacial score (nSPS) is 33.2. The minimum Gasteiger partial charge on any atom is -0.414 e. The van der Waals surface area contributed by atoms with Gasteiger partial charge in [0, 0.05) is 0 Å². The molecule has 3 fully saturated rings. The van der Waals surface area contributed by atoms with E-state index in [4.69, 9.17) is 41.4 Å². The molecule has 3 aliphatic heterocycles. The molecule has 3 saturated heterocycles. The number of thioether (sulfide) groups is 1. The van der Waals surface area contributed by atoms with Gasteiger partial charge < -0.3 is 41.4 Å². The summed E-state index contributed by atoms with van der Waals surface area (Å²) in [7, 11) is -9.13. The zero-order valence-electron chi connectivity index (χ0n) is 39.8. The summed E-state index contributed by atoms with van der Waals surface area (Å²) in [5, 5.41) is -0.0431. The Hall–Kier alpha value is 0.858.